The lowest BCUT2D eigenvalue weighted by Gasteiger charge is -2.48. The minimum atomic E-state index is 0.492. The summed E-state index contributed by atoms with van der Waals surface area (Å²) in [7, 11) is 0. The minimum absolute atomic E-state index is 0.492. The zero-order chi connectivity index (χ0) is 11.2. The van der Waals surface area contributed by atoms with E-state index in [4.69, 9.17) is 0 Å². The maximum atomic E-state index is 2.69. The molecule has 1 aliphatic heterocycles. The standard InChI is InChI=1S/C14H22S2/c1-11-4-3-5-12-10-14(15-8-9-16-14)7-6-13(11,12)2/h10-11H,3-9H2,1-2H3/t11-,13+/m0/s1. The van der Waals surface area contributed by atoms with Crippen LogP contribution in [0.25, 0.3) is 0 Å². The first kappa shape index (κ1) is 11.5. The molecule has 1 saturated heterocycles. The van der Waals surface area contributed by atoms with Crippen molar-refractivity contribution in [3.8, 4) is 0 Å². The van der Waals surface area contributed by atoms with E-state index >= 15 is 0 Å². The van der Waals surface area contributed by atoms with Crippen LogP contribution in [-0.2, 0) is 0 Å². The van der Waals surface area contributed by atoms with Crippen LogP contribution in [0.4, 0.5) is 0 Å². The Morgan fingerprint density at radius 1 is 1.25 bits per heavy atom. The van der Waals surface area contributed by atoms with Gasteiger partial charge >= 0.3 is 0 Å². The smallest absolute Gasteiger partial charge is 0.0795 e. The molecule has 2 fully saturated rings. The van der Waals surface area contributed by atoms with Crippen molar-refractivity contribution in [3.63, 3.8) is 0 Å². The number of thioether (sulfide) groups is 2. The molecule has 2 aliphatic carbocycles. The molecule has 3 aliphatic rings. The molecule has 0 aromatic rings. The second-order valence-corrected chi connectivity index (χ2v) is 9.00. The highest BCUT2D eigenvalue weighted by atomic mass is 32.2. The van der Waals surface area contributed by atoms with Gasteiger partial charge in [0, 0.05) is 11.5 Å². The molecule has 3 rings (SSSR count). The molecule has 2 atom stereocenters. The van der Waals surface area contributed by atoms with Gasteiger partial charge < -0.3 is 0 Å². The second-order valence-electron chi connectivity index (χ2n) is 5.89. The van der Waals surface area contributed by atoms with E-state index in [1.54, 1.807) is 5.57 Å². The van der Waals surface area contributed by atoms with Gasteiger partial charge in [0.25, 0.3) is 0 Å². The summed E-state index contributed by atoms with van der Waals surface area (Å²) in [6.07, 6.45) is 9.78. The summed E-state index contributed by atoms with van der Waals surface area (Å²) in [6.45, 7) is 5.00. The van der Waals surface area contributed by atoms with Gasteiger partial charge in [-0.25, -0.2) is 0 Å². The van der Waals surface area contributed by atoms with Crippen LogP contribution >= 0.6 is 23.5 Å². The molecule has 0 amide bonds. The normalized spacial score (nSPS) is 41.9. The fraction of sp³-hybridized carbons (Fsp3) is 0.857. The van der Waals surface area contributed by atoms with E-state index in [1.807, 2.05) is 0 Å². The van der Waals surface area contributed by atoms with Gasteiger partial charge in [-0.2, -0.15) is 0 Å². The van der Waals surface area contributed by atoms with Crippen LogP contribution in [-0.4, -0.2) is 15.6 Å². The van der Waals surface area contributed by atoms with Gasteiger partial charge in [0.2, 0.25) is 0 Å². The molecule has 1 saturated carbocycles. The molecule has 90 valence electrons. The average Bonchev–Trinajstić information content (AvgIpc) is 2.71. The van der Waals surface area contributed by atoms with Gasteiger partial charge in [0.15, 0.2) is 0 Å². The summed E-state index contributed by atoms with van der Waals surface area (Å²) in [5.41, 5.74) is 2.35. The largest absolute Gasteiger partial charge is 0.139 e. The van der Waals surface area contributed by atoms with E-state index in [0.29, 0.717) is 9.49 Å². The first-order valence-electron chi connectivity index (χ1n) is 6.65. The fourth-order valence-electron chi connectivity index (χ4n) is 3.63. The van der Waals surface area contributed by atoms with E-state index in [2.05, 4.69) is 43.4 Å². The van der Waals surface area contributed by atoms with E-state index in [9.17, 15) is 0 Å². The molecular formula is C14H22S2. The number of rotatable bonds is 0. The molecule has 2 heteroatoms. The highest BCUT2D eigenvalue weighted by Crippen LogP contribution is 2.59. The van der Waals surface area contributed by atoms with E-state index in [1.165, 1.54) is 43.6 Å². The third kappa shape index (κ3) is 1.68. The van der Waals surface area contributed by atoms with Crippen LogP contribution in [0.2, 0.25) is 0 Å². The van der Waals surface area contributed by atoms with Crippen molar-refractivity contribution < 1.29 is 0 Å². The summed E-state index contributed by atoms with van der Waals surface area (Å²) in [4.78, 5) is 0. The Labute approximate surface area is 108 Å². The highest BCUT2D eigenvalue weighted by molar-refractivity contribution is 8.21. The fourth-order valence-corrected chi connectivity index (χ4v) is 6.77. The number of allylic oxidation sites excluding steroid dienone is 1. The molecule has 1 spiro atoms. The summed E-state index contributed by atoms with van der Waals surface area (Å²) in [5, 5.41) is 0. The molecule has 16 heavy (non-hydrogen) atoms. The lowest BCUT2D eigenvalue weighted by atomic mass is 9.60. The van der Waals surface area contributed by atoms with Gasteiger partial charge in [0.05, 0.1) is 4.08 Å². The number of hydrogen-bond acceptors (Lipinski definition) is 2. The van der Waals surface area contributed by atoms with Crippen molar-refractivity contribution >= 4 is 23.5 Å². The second kappa shape index (κ2) is 3.98. The SMILES string of the molecule is C[C@H]1CCCC2=CC3(CC[C@@]21C)SCCS3. The van der Waals surface area contributed by atoms with Crippen molar-refractivity contribution in [3.05, 3.63) is 11.6 Å². The van der Waals surface area contributed by atoms with Gasteiger partial charge in [-0.05, 0) is 43.4 Å². The Kier molecular flexibility index (Phi) is 2.87. The minimum Gasteiger partial charge on any atom is -0.139 e. The first-order valence-corrected chi connectivity index (χ1v) is 8.62. The molecule has 0 nitrogen and oxygen atoms in total. The highest BCUT2D eigenvalue weighted by Gasteiger charge is 2.46. The zero-order valence-corrected chi connectivity index (χ0v) is 12.1. The maximum Gasteiger partial charge on any atom is 0.0795 e. The van der Waals surface area contributed by atoms with Crippen molar-refractivity contribution in [2.24, 2.45) is 11.3 Å². The van der Waals surface area contributed by atoms with Gasteiger partial charge in [-0.3, -0.25) is 0 Å². The number of hydrogen-bond donors (Lipinski definition) is 0. The maximum absolute atomic E-state index is 2.69. The van der Waals surface area contributed by atoms with E-state index in [-0.39, 0.29) is 0 Å². The van der Waals surface area contributed by atoms with Crippen molar-refractivity contribution in [1.29, 1.82) is 0 Å². The van der Waals surface area contributed by atoms with Crippen LogP contribution in [0.1, 0.15) is 46.0 Å². The van der Waals surface area contributed by atoms with Crippen LogP contribution < -0.4 is 0 Å². The predicted octanol–water partition coefficient (Wildman–Crippen LogP) is 4.71. The Hall–Kier alpha value is 0.440. The monoisotopic (exact) mass is 254 g/mol. The molecule has 0 aromatic heterocycles. The van der Waals surface area contributed by atoms with Gasteiger partial charge in [0.1, 0.15) is 0 Å². The third-order valence-corrected chi connectivity index (χ3v) is 8.47. The zero-order valence-electron chi connectivity index (χ0n) is 10.4. The Balaban J connectivity index is 1.93. The van der Waals surface area contributed by atoms with Crippen molar-refractivity contribution in [2.75, 3.05) is 11.5 Å². The van der Waals surface area contributed by atoms with Crippen LogP contribution in [0, 0.1) is 11.3 Å². The van der Waals surface area contributed by atoms with Crippen LogP contribution in [0.3, 0.4) is 0 Å². The summed E-state index contributed by atoms with van der Waals surface area (Å²) in [6, 6.07) is 0. The first-order chi connectivity index (χ1) is 7.65. The third-order valence-electron chi connectivity index (χ3n) is 5.07. The molecule has 0 bridgehead atoms. The number of fused-ring (bicyclic) bond motifs is 1. The molecule has 0 aromatic carbocycles. The molecule has 1 heterocycles. The van der Waals surface area contributed by atoms with E-state index < -0.39 is 0 Å². The Morgan fingerprint density at radius 2 is 2.00 bits per heavy atom. The Morgan fingerprint density at radius 3 is 2.75 bits per heavy atom. The lowest BCUT2D eigenvalue weighted by Crippen LogP contribution is -2.38. The van der Waals surface area contributed by atoms with Crippen molar-refractivity contribution in [2.45, 2.75) is 50.0 Å². The van der Waals surface area contributed by atoms with Crippen molar-refractivity contribution in [1.82, 2.24) is 0 Å². The topological polar surface area (TPSA) is 0 Å². The van der Waals surface area contributed by atoms with E-state index in [0.717, 1.165) is 5.92 Å². The molecule has 0 N–H and O–H groups in total. The summed E-state index contributed by atoms with van der Waals surface area (Å²) >= 11 is 4.42. The average molecular weight is 254 g/mol. The summed E-state index contributed by atoms with van der Waals surface area (Å²) in [5.74, 6) is 3.63. The van der Waals surface area contributed by atoms with Gasteiger partial charge in [-0.1, -0.05) is 25.5 Å². The van der Waals surface area contributed by atoms with Crippen LogP contribution in [0.15, 0.2) is 11.6 Å². The lowest BCUT2D eigenvalue weighted by molar-refractivity contribution is 0.172. The quantitative estimate of drug-likeness (QED) is 0.574. The molecular weight excluding hydrogens is 232 g/mol. The molecule has 0 unspecified atom stereocenters. The molecule has 0 radical (unpaired) electrons. The summed E-state index contributed by atoms with van der Waals surface area (Å²) < 4.78 is 0.492. The van der Waals surface area contributed by atoms with Crippen LogP contribution in [0.5, 0.6) is 0 Å². The Bertz CT molecular complexity index is 315. The van der Waals surface area contributed by atoms with Gasteiger partial charge in [-0.15, -0.1) is 23.5 Å². The predicted molar refractivity (Wildman–Crippen MR) is 76.1 cm³/mol.